The largest absolute Gasteiger partial charge is 0.343 e. The van der Waals surface area contributed by atoms with Crippen LogP contribution in [0.4, 0.5) is 0 Å². The second-order valence-electron chi connectivity index (χ2n) is 8.93. The number of carbonyl (C=O) groups is 3. The molecule has 4 aromatic rings. The zero-order valence-electron chi connectivity index (χ0n) is 20.2. The molecule has 7 heteroatoms. The Bertz CT molecular complexity index is 1330. The van der Waals surface area contributed by atoms with Crippen LogP contribution >= 0.6 is 0 Å². The Balaban J connectivity index is 1.50. The minimum Gasteiger partial charge on any atom is -0.343 e. The van der Waals surface area contributed by atoms with E-state index in [-0.39, 0.29) is 12.3 Å². The van der Waals surface area contributed by atoms with Crippen LogP contribution in [0.3, 0.4) is 0 Å². The normalized spacial score (nSPS) is 12.6. The summed E-state index contributed by atoms with van der Waals surface area (Å²) < 4.78 is 1.48. The van der Waals surface area contributed by atoms with Gasteiger partial charge in [-0.25, -0.2) is 0 Å². The fourth-order valence-corrected chi connectivity index (χ4v) is 4.39. The lowest BCUT2D eigenvalue weighted by atomic mass is 10.0. The van der Waals surface area contributed by atoms with Crippen LogP contribution in [0.1, 0.15) is 16.7 Å². The number of carbonyl (C=O) groups excluding carboxylic acids is 3. The summed E-state index contributed by atoms with van der Waals surface area (Å²) in [6.45, 7) is 0.429. The number of benzene rings is 3. The minimum absolute atomic E-state index is 0.194. The van der Waals surface area contributed by atoms with Gasteiger partial charge in [0.05, 0.1) is 11.6 Å². The molecule has 0 aliphatic rings. The Morgan fingerprint density at radius 1 is 0.917 bits per heavy atom. The van der Waals surface area contributed by atoms with Crippen molar-refractivity contribution >= 4 is 29.1 Å². The van der Waals surface area contributed by atoms with Crippen molar-refractivity contribution in [3.63, 3.8) is 0 Å². The van der Waals surface area contributed by atoms with Crippen LogP contribution in [0.2, 0.25) is 0 Å². The van der Waals surface area contributed by atoms with Crippen molar-refractivity contribution in [2.24, 2.45) is 5.73 Å². The predicted octanol–water partition coefficient (Wildman–Crippen LogP) is 2.94. The third kappa shape index (κ3) is 5.87. The summed E-state index contributed by atoms with van der Waals surface area (Å²) in [7, 11) is 1.73. The van der Waals surface area contributed by atoms with Crippen molar-refractivity contribution in [2.75, 3.05) is 7.05 Å². The van der Waals surface area contributed by atoms with Gasteiger partial charge in [-0.2, -0.15) is 0 Å². The summed E-state index contributed by atoms with van der Waals surface area (Å²) in [6, 6.07) is 25.1. The van der Waals surface area contributed by atoms with Crippen molar-refractivity contribution in [1.29, 1.82) is 0 Å². The van der Waals surface area contributed by atoms with Crippen LogP contribution in [0.15, 0.2) is 91.1 Å². The highest BCUT2D eigenvalue weighted by Gasteiger charge is 2.27. The summed E-state index contributed by atoms with van der Waals surface area (Å²) in [5, 5.41) is 3.76. The smallest absolute Gasteiger partial charge is 0.245 e. The van der Waals surface area contributed by atoms with Crippen molar-refractivity contribution < 1.29 is 14.4 Å². The zero-order valence-corrected chi connectivity index (χ0v) is 20.2. The molecule has 0 saturated carbocycles. The summed E-state index contributed by atoms with van der Waals surface area (Å²) in [6.07, 6.45) is 3.01. The van der Waals surface area contributed by atoms with Crippen LogP contribution in [-0.2, 0) is 33.8 Å². The zero-order chi connectivity index (χ0) is 25.5. The van der Waals surface area contributed by atoms with E-state index in [0.717, 1.165) is 34.0 Å². The van der Waals surface area contributed by atoms with E-state index in [1.54, 1.807) is 18.1 Å². The summed E-state index contributed by atoms with van der Waals surface area (Å²) in [4.78, 5) is 39.6. The van der Waals surface area contributed by atoms with E-state index in [2.05, 4.69) is 5.32 Å². The Hall–Kier alpha value is -4.23. The Kier molecular flexibility index (Phi) is 7.92. The van der Waals surface area contributed by atoms with Crippen molar-refractivity contribution in [2.45, 2.75) is 31.5 Å². The number of nitrogens with zero attached hydrogens (tertiary/aromatic N) is 2. The number of nitrogens with one attached hydrogen (secondary N) is 1. The third-order valence-electron chi connectivity index (χ3n) is 6.25. The maximum absolute atomic E-state index is 13.4. The molecule has 4 rings (SSSR count). The SMILES string of the molecule is CN(Cc1ccccc1)C(=O)C(Cc1ccccc1)NC(=O)C(N)Cc1cn(C=O)c2ccccc12. The topological polar surface area (TPSA) is 97.4 Å². The van der Waals surface area contributed by atoms with Crippen LogP contribution in [0.25, 0.3) is 10.9 Å². The van der Waals surface area contributed by atoms with Gasteiger partial charge < -0.3 is 16.0 Å². The number of rotatable bonds is 10. The molecule has 2 amide bonds. The third-order valence-corrected chi connectivity index (χ3v) is 6.25. The van der Waals surface area contributed by atoms with Crippen LogP contribution in [-0.4, -0.2) is 46.8 Å². The van der Waals surface area contributed by atoms with Gasteiger partial charge in [0.25, 0.3) is 0 Å². The fraction of sp³-hybridized carbons (Fsp3) is 0.207. The number of nitrogens with two attached hydrogens (primary N) is 1. The van der Waals surface area contributed by atoms with Crippen LogP contribution in [0.5, 0.6) is 0 Å². The second-order valence-corrected chi connectivity index (χ2v) is 8.93. The predicted molar refractivity (Wildman–Crippen MR) is 141 cm³/mol. The lowest BCUT2D eigenvalue weighted by Gasteiger charge is -2.26. The molecule has 1 heterocycles. The number of hydrogen-bond acceptors (Lipinski definition) is 4. The highest BCUT2D eigenvalue weighted by Crippen LogP contribution is 2.21. The number of aromatic nitrogens is 1. The van der Waals surface area contributed by atoms with Crippen molar-refractivity contribution in [3.05, 3.63) is 108 Å². The average molecular weight is 483 g/mol. The van der Waals surface area contributed by atoms with Crippen LogP contribution < -0.4 is 11.1 Å². The molecular weight excluding hydrogens is 452 g/mol. The number of likely N-dealkylation sites (N-methyl/N-ethyl adjacent to an activating group) is 1. The molecule has 1 aromatic heterocycles. The second kappa shape index (κ2) is 11.5. The molecule has 0 aliphatic heterocycles. The summed E-state index contributed by atoms with van der Waals surface area (Å²) in [5.74, 6) is -0.610. The molecule has 0 bridgehead atoms. The fourth-order valence-electron chi connectivity index (χ4n) is 4.39. The maximum atomic E-state index is 13.4. The van der Waals surface area contributed by atoms with Gasteiger partial charge >= 0.3 is 0 Å². The van der Waals surface area contributed by atoms with E-state index in [4.69, 9.17) is 5.73 Å². The first kappa shape index (κ1) is 24.9. The first-order valence-electron chi connectivity index (χ1n) is 11.9. The first-order valence-corrected chi connectivity index (χ1v) is 11.9. The quantitative estimate of drug-likeness (QED) is 0.340. The maximum Gasteiger partial charge on any atom is 0.245 e. The van der Waals surface area contributed by atoms with Gasteiger partial charge in [-0.05, 0) is 29.2 Å². The molecule has 0 spiro atoms. The van der Waals surface area contributed by atoms with Gasteiger partial charge in [-0.3, -0.25) is 19.0 Å². The monoisotopic (exact) mass is 482 g/mol. The Morgan fingerprint density at radius 3 is 2.19 bits per heavy atom. The molecule has 0 fully saturated rings. The molecule has 7 nitrogen and oxygen atoms in total. The van der Waals surface area contributed by atoms with Gasteiger partial charge in [0.1, 0.15) is 6.04 Å². The average Bonchev–Trinajstić information content (AvgIpc) is 3.26. The van der Waals surface area contributed by atoms with Gasteiger partial charge in [0, 0.05) is 31.6 Å². The molecule has 36 heavy (non-hydrogen) atoms. The first-order chi connectivity index (χ1) is 17.5. The van der Waals surface area contributed by atoms with E-state index in [1.807, 2.05) is 84.9 Å². The summed E-state index contributed by atoms with van der Waals surface area (Å²) in [5.41, 5.74) is 9.79. The lowest BCUT2D eigenvalue weighted by Crippen LogP contribution is -2.53. The van der Waals surface area contributed by atoms with E-state index >= 15 is 0 Å². The molecule has 3 N–H and O–H groups in total. The minimum atomic E-state index is -0.888. The molecule has 0 saturated heterocycles. The molecule has 0 aliphatic carbocycles. The molecule has 0 radical (unpaired) electrons. The standard InChI is InChI=1S/C29H30N4O3/c1-32(18-22-12-6-3-7-13-22)29(36)26(16-21-10-4-2-5-11-21)31-28(35)25(30)17-23-19-33(20-34)27-15-9-8-14-24(23)27/h2-15,19-20,25-26H,16-18,30H2,1H3,(H,31,35). The van der Waals surface area contributed by atoms with Gasteiger partial charge in [0.15, 0.2) is 0 Å². The van der Waals surface area contributed by atoms with Gasteiger partial charge in [-0.15, -0.1) is 0 Å². The highest BCUT2D eigenvalue weighted by molar-refractivity contribution is 5.92. The number of fused-ring (bicyclic) bond motifs is 1. The number of hydrogen-bond donors (Lipinski definition) is 2. The Labute approximate surface area is 210 Å². The van der Waals surface area contributed by atoms with E-state index in [1.165, 1.54) is 4.57 Å². The van der Waals surface area contributed by atoms with E-state index in [9.17, 15) is 14.4 Å². The number of amides is 2. The molecule has 184 valence electrons. The van der Waals surface area contributed by atoms with Crippen molar-refractivity contribution in [1.82, 2.24) is 14.8 Å². The number of para-hydroxylation sites is 1. The van der Waals surface area contributed by atoms with Gasteiger partial charge in [-0.1, -0.05) is 78.9 Å². The van der Waals surface area contributed by atoms with E-state index in [0.29, 0.717) is 13.0 Å². The lowest BCUT2D eigenvalue weighted by molar-refractivity contribution is -0.136. The Morgan fingerprint density at radius 2 is 1.53 bits per heavy atom. The molecule has 2 unspecified atom stereocenters. The highest BCUT2D eigenvalue weighted by atomic mass is 16.2. The van der Waals surface area contributed by atoms with Gasteiger partial charge in [0.2, 0.25) is 18.2 Å². The van der Waals surface area contributed by atoms with E-state index < -0.39 is 18.0 Å². The van der Waals surface area contributed by atoms with Crippen LogP contribution in [0, 0.1) is 0 Å². The summed E-state index contributed by atoms with van der Waals surface area (Å²) >= 11 is 0. The molecular formula is C29H30N4O3. The molecule has 3 aromatic carbocycles. The van der Waals surface area contributed by atoms with Crippen molar-refractivity contribution in [3.8, 4) is 0 Å². The molecule has 2 atom stereocenters.